The number of aliphatic hydroxyl groups excluding tert-OH is 1. The Balaban J connectivity index is 0.000000966. The summed E-state index contributed by atoms with van der Waals surface area (Å²) in [4.78, 5) is 13.9. The number of fused-ring (bicyclic) bond motifs is 2. The first kappa shape index (κ1) is 36.8. The van der Waals surface area contributed by atoms with Gasteiger partial charge in [0.25, 0.3) is 0 Å². The van der Waals surface area contributed by atoms with Crippen LogP contribution in [0.4, 0.5) is 0 Å². The van der Waals surface area contributed by atoms with Crippen LogP contribution in [0.5, 0.6) is 0 Å². The number of nitrogens with zero attached hydrogens (tertiary/aromatic N) is 1. The maximum atomic E-state index is 8.00. The predicted octanol–water partition coefficient (Wildman–Crippen LogP) is 9.43. The summed E-state index contributed by atoms with van der Waals surface area (Å²) in [5.74, 6) is 6.77. The Hall–Kier alpha value is -1.43. The highest BCUT2D eigenvalue weighted by Crippen LogP contribution is 2.63. The molecule has 1 aromatic heterocycles. The molecule has 238 valence electrons. The molecule has 1 aromatic carbocycles. The van der Waals surface area contributed by atoms with Crippen molar-refractivity contribution in [2.45, 2.75) is 110 Å². The molecule has 2 aromatic rings. The molecule has 5 heteroatoms. The van der Waals surface area contributed by atoms with Gasteiger partial charge in [-0.3, -0.25) is 4.98 Å². The highest BCUT2D eigenvalue weighted by Gasteiger charge is 2.54. The molecule has 3 N–H and O–H groups in total. The van der Waals surface area contributed by atoms with Crippen LogP contribution >= 0.6 is 11.8 Å². The molecule has 0 radical (unpaired) electrons. The van der Waals surface area contributed by atoms with Gasteiger partial charge in [-0.15, -0.1) is 11.8 Å². The van der Waals surface area contributed by atoms with Crippen molar-refractivity contribution in [3.8, 4) is 0 Å². The van der Waals surface area contributed by atoms with E-state index in [-0.39, 0.29) is 0 Å². The number of carbonyl (C=O) groups is 1. The molecule has 6 unspecified atom stereocenters. The average Bonchev–Trinajstić information content (AvgIpc) is 3.38. The second kappa shape index (κ2) is 17.8. The minimum Gasteiger partial charge on any atom is -0.400 e. The third-order valence-electron chi connectivity index (χ3n) is 11.5. The molecule has 4 nitrogen and oxygen atoms in total. The van der Waals surface area contributed by atoms with Crippen molar-refractivity contribution >= 4 is 29.5 Å². The molecule has 3 saturated carbocycles. The summed E-state index contributed by atoms with van der Waals surface area (Å²) in [6.45, 7) is 14.9. The molecule has 0 spiro atoms. The molecule has 0 aliphatic heterocycles. The van der Waals surface area contributed by atoms with Crippen LogP contribution in [0.1, 0.15) is 105 Å². The van der Waals surface area contributed by atoms with Gasteiger partial charge in [0.15, 0.2) is 0 Å². The summed E-state index contributed by atoms with van der Waals surface area (Å²) in [5, 5.41) is 8.27. The van der Waals surface area contributed by atoms with Crippen molar-refractivity contribution in [2.24, 2.45) is 52.1 Å². The fourth-order valence-corrected chi connectivity index (χ4v) is 10.9. The van der Waals surface area contributed by atoms with E-state index in [2.05, 4.69) is 87.4 Å². The van der Waals surface area contributed by atoms with E-state index in [0.29, 0.717) is 10.8 Å². The van der Waals surface area contributed by atoms with Crippen molar-refractivity contribution in [3.63, 3.8) is 0 Å². The number of pyridine rings is 1. The third-order valence-corrected chi connectivity index (χ3v) is 12.7. The highest BCUT2D eigenvalue weighted by molar-refractivity contribution is 7.99. The quantitative estimate of drug-likeness (QED) is 0.296. The van der Waals surface area contributed by atoms with E-state index in [1.807, 2.05) is 13.0 Å². The Kier molecular flexibility index (Phi) is 15.5. The monoisotopic (exact) mass is 598 g/mol. The number of hydrogen-bond acceptors (Lipinski definition) is 5. The molecule has 3 fully saturated rings. The number of rotatable bonds is 8. The van der Waals surface area contributed by atoms with E-state index in [9.17, 15) is 0 Å². The lowest BCUT2D eigenvalue weighted by atomic mass is 9.50. The predicted molar refractivity (Wildman–Crippen MR) is 183 cm³/mol. The molecule has 5 rings (SSSR count). The van der Waals surface area contributed by atoms with E-state index in [0.717, 1.165) is 48.1 Å². The van der Waals surface area contributed by atoms with E-state index >= 15 is 0 Å². The molecular weight excluding hydrogens is 536 g/mol. The number of aliphatic hydroxyl groups is 1. The lowest BCUT2D eigenvalue weighted by Crippen LogP contribution is -2.46. The Bertz CT molecular complexity index is 1050. The summed E-state index contributed by atoms with van der Waals surface area (Å²) in [7, 11) is 2.50. The first-order valence-electron chi connectivity index (χ1n) is 16.7. The lowest BCUT2D eigenvalue weighted by molar-refractivity contribution is -0.0980. The van der Waals surface area contributed by atoms with Crippen LogP contribution in [0, 0.1) is 46.3 Å². The number of thioether (sulfide) groups is 1. The van der Waals surface area contributed by atoms with Crippen molar-refractivity contribution in [1.29, 1.82) is 0 Å². The fourth-order valence-electron chi connectivity index (χ4n) is 9.88. The van der Waals surface area contributed by atoms with Crippen molar-refractivity contribution in [2.75, 3.05) is 19.9 Å². The van der Waals surface area contributed by atoms with Gasteiger partial charge >= 0.3 is 0 Å². The summed E-state index contributed by atoms with van der Waals surface area (Å²) in [5.41, 5.74) is 6.75. The first-order chi connectivity index (χ1) is 20.4. The number of hydrogen-bond donors (Lipinski definition) is 2. The first-order valence-corrected chi connectivity index (χ1v) is 17.7. The minimum absolute atomic E-state index is 0.517. The topological polar surface area (TPSA) is 76.2 Å². The highest BCUT2D eigenvalue weighted by atomic mass is 32.2. The van der Waals surface area contributed by atoms with Gasteiger partial charge in [-0.05, 0) is 123 Å². The fraction of sp³-hybridized carbons (Fsp3) is 0.730. The zero-order valence-electron chi connectivity index (χ0n) is 27.9. The largest absolute Gasteiger partial charge is 0.400 e. The smallest absolute Gasteiger partial charge is 0.106 e. The number of nitrogens with two attached hydrogens (primary N) is 1. The van der Waals surface area contributed by atoms with E-state index in [1.165, 1.54) is 93.7 Å². The summed E-state index contributed by atoms with van der Waals surface area (Å²) >= 11 is 2.08. The normalized spacial score (nSPS) is 32.6. The van der Waals surface area contributed by atoms with Crippen LogP contribution in [0.25, 0.3) is 10.9 Å². The number of aromatic nitrogens is 1. The second-order valence-electron chi connectivity index (χ2n) is 13.6. The van der Waals surface area contributed by atoms with Crippen LogP contribution in [-0.4, -0.2) is 36.8 Å². The van der Waals surface area contributed by atoms with Crippen molar-refractivity contribution in [1.82, 2.24) is 4.98 Å². The maximum Gasteiger partial charge on any atom is 0.106 e. The molecule has 3 aliphatic carbocycles. The minimum atomic E-state index is 0.517. The molecule has 8 atom stereocenters. The number of carbonyl (C=O) groups excluding carboxylic acids is 1. The van der Waals surface area contributed by atoms with E-state index < -0.39 is 0 Å². The Morgan fingerprint density at radius 3 is 2.50 bits per heavy atom. The van der Waals surface area contributed by atoms with Crippen LogP contribution in [-0.2, 0) is 4.79 Å². The van der Waals surface area contributed by atoms with Crippen molar-refractivity contribution < 1.29 is 9.90 Å². The SMILES string of the molecule is C=O.CCCC1(C)C(C2C[C@H](CC)C3CCCCC3(C)C2)CCC1[C@H](C)CSc1ccc2ncccc2c1.CN.CO. The van der Waals surface area contributed by atoms with Gasteiger partial charge in [-0.2, -0.15) is 0 Å². The van der Waals surface area contributed by atoms with Crippen LogP contribution in [0.15, 0.2) is 41.4 Å². The van der Waals surface area contributed by atoms with Gasteiger partial charge in [0.2, 0.25) is 0 Å². The average molecular weight is 599 g/mol. The van der Waals surface area contributed by atoms with Gasteiger partial charge in [-0.1, -0.05) is 66.4 Å². The molecule has 0 bridgehead atoms. The third kappa shape index (κ3) is 8.18. The zero-order valence-corrected chi connectivity index (χ0v) is 28.7. The van der Waals surface area contributed by atoms with Crippen LogP contribution < -0.4 is 5.73 Å². The molecule has 0 amide bonds. The van der Waals surface area contributed by atoms with Crippen LogP contribution in [0.2, 0.25) is 0 Å². The Morgan fingerprint density at radius 1 is 1.07 bits per heavy atom. The van der Waals surface area contributed by atoms with E-state index in [4.69, 9.17) is 9.90 Å². The van der Waals surface area contributed by atoms with Crippen molar-refractivity contribution in [3.05, 3.63) is 36.5 Å². The molecule has 42 heavy (non-hydrogen) atoms. The maximum absolute atomic E-state index is 8.00. The van der Waals surface area contributed by atoms with Gasteiger partial charge in [0.05, 0.1) is 5.52 Å². The summed E-state index contributed by atoms with van der Waals surface area (Å²) in [6, 6.07) is 11.1. The van der Waals surface area contributed by atoms with Gasteiger partial charge < -0.3 is 15.6 Å². The Morgan fingerprint density at radius 2 is 1.81 bits per heavy atom. The zero-order chi connectivity index (χ0) is 31.3. The molecular formula is C37H62N2O2S. The van der Waals surface area contributed by atoms with E-state index in [1.54, 1.807) is 0 Å². The molecule has 1 heterocycles. The van der Waals surface area contributed by atoms with Gasteiger partial charge in [-0.25, -0.2) is 0 Å². The molecule has 3 aliphatic rings. The number of benzene rings is 1. The van der Waals surface area contributed by atoms with Gasteiger partial charge in [0, 0.05) is 29.3 Å². The Labute approximate surface area is 262 Å². The van der Waals surface area contributed by atoms with Crippen LogP contribution in [0.3, 0.4) is 0 Å². The summed E-state index contributed by atoms with van der Waals surface area (Å²) < 4.78 is 0. The standard InChI is InChI=1S/C34H51NS.CH5N.CH4O.CH2O/c1-6-17-34(5)29(24(3)23-36-28-13-16-32-26(21-28)11-10-19-35-32)14-15-31(34)27-20-25(7-2)30-12-8-9-18-33(30,4)22-27;3*1-2/h10-11,13,16,19,21,24-25,27,29-31H,6-9,12,14-15,17-18,20,22-23H2,1-5H3;2H2,1H3;2H,1H3;1H2/t24-,25+,27?,29?,30?,31?,33?,34?;;;/m1.../s1. The second-order valence-corrected chi connectivity index (χ2v) is 14.7. The lowest BCUT2D eigenvalue weighted by Gasteiger charge is -2.55. The molecule has 0 saturated heterocycles. The van der Waals surface area contributed by atoms with Gasteiger partial charge in [0.1, 0.15) is 6.79 Å². The summed E-state index contributed by atoms with van der Waals surface area (Å²) in [6.07, 6.45) is 18.0.